The van der Waals surface area contributed by atoms with Crippen molar-refractivity contribution in [3.8, 4) is 11.5 Å². The van der Waals surface area contributed by atoms with Gasteiger partial charge in [-0.15, -0.1) is 0 Å². The lowest BCUT2D eigenvalue weighted by atomic mass is 9.79. The second-order valence-electron chi connectivity index (χ2n) is 7.97. The number of hydrogen-bond donors (Lipinski definition) is 0. The van der Waals surface area contributed by atoms with E-state index in [9.17, 15) is 4.79 Å². The van der Waals surface area contributed by atoms with Gasteiger partial charge in [0.25, 0.3) is 0 Å². The lowest BCUT2D eigenvalue weighted by Crippen LogP contribution is -2.37. The molecule has 4 heteroatoms. The zero-order valence-electron chi connectivity index (χ0n) is 15.2. The van der Waals surface area contributed by atoms with Crippen molar-refractivity contribution in [2.24, 2.45) is 11.3 Å². The average molecular weight is 343 g/mol. The fourth-order valence-corrected chi connectivity index (χ4v) is 4.44. The fraction of sp³-hybridized carbons (Fsp3) is 0.667. The van der Waals surface area contributed by atoms with Crippen molar-refractivity contribution >= 4 is 5.91 Å². The van der Waals surface area contributed by atoms with Crippen LogP contribution in [0.2, 0.25) is 0 Å². The van der Waals surface area contributed by atoms with Gasteiger partial charge in [0.2, 0.25) is 5.91 Å². The molecule has 136 valence electrons. The predicted molar refractivity (Wildman–Crippen MR) is 96.8 cm³/mol. The molecule has 1 heterocycles. The average Bonchev–Trinajstić information content (AvgIpc) is 3.22. The Labute approximate surface area is 150 Å². The molecule has 1 amide bonds. The number of amides is 1. The molecule has 1 unspecified atom stereocenters. The Kier molecular flexibility index (Phi) is 4.61. The molecule has 3 aliphatic rings. The van der Waals surface area contributed by atoms with Crippen molar-refractivity contribution < 1.29 is 14.3 Å². The summed E-state index contributed by atoms with van der Waals surface area (Å²) in [6.45, 7) is 4.13. The van der Waals surface area contributed by atoms with Gasteiger partial charge in [0.15, 0.2) is 11.5 Å². The molecule has 0 N–H and O–H groups in total. The Hall–Kier alpha value is -1.71. The summed E-state index contributed by atoms with van der Waals surface area (Å²) in [6, 6.07) is 7.81. The van der Waals surface area contributed by atoms with Gasteiger partial charge in [0.05, 0.1) is 13.2 Å². The number of hydrogen-bond acceptors (Lipinski definition) is 3. The van der Waals surface area contributed by atoms with E-state index >= 15 is 0 Å². The normalized spacial score (nSPS) is 25.2. The third-order valence-electron chi connectivity index (χ3n) is 6.25. The lowest BCUT2D eigenvalue weighted by Gasteiger charge is -2.30. The van der Waals surface area contributed by atoms with Gasteiger partial charge >= 0.3 is 0 Å². The molecule has 2 saturated carbocycles. The van der Waals surface area contributed by atoms with Crippen LogP contribution in [0, 0.1) is 11.3 Å². The van der Waals surface area contributed by atoms with E-state index in [-0.39, 0.29) is 12.0 Å². The van der Waals surface area contributed by atoms with Gasteiger partial charge in [-0.3, -0.25) is 4.79 Å². The molecule has 4 nitrogen and oxygen atoms in total. The summed E-state index contributed by atoms with van der Waals surface area (Å²) in [4.78, 5) is 14.9. The lowest BCUT2D eigenvalue weighted by molar-refractivity contribution is -0.136. The van der Waals surface area contributed by atoms with Crippen LogP contribution in [0.5, 0.6) is 11.5 Å². The number of para-hydroxylation sites is 2. The number of nitrogens with zero attached hydrogens (tertiary/aromatic N) is 1. The number of carbonyl (C=O) groups is 1. The van der Waals surface area contributed by atoms with E-state index in [4.69, 9.17) is 9.47 Å². The smallest absolute Gasteiger partial charge is 0.225 e. The van der Waals surface area contributed by atoms with Crippen LogP contribution in [-0.2, 0) is 4.79 Å². The molecule has 1 atom stereocenters. The van der Waals surface area contributed by atoms with Crippen LogP contribution in [0.4, 0.5) is 0 Å². The monoisotopic (exact) mass is 343 g/mol. The van der Waals surface area contributed by atoms with Crippen molar-refractivity contribution in [1.29, 1.82) is 0 Å². The Morgan fingerprint density at radius 3 is 2.52 bits per heavy atom. The first-order valence-corrected chi connectivity index (χ1v) is 9.86. The van der Waals surface area contributed by atoms with Crippen LogP contribution >= 0.6 is 0 Å². The van der Waals surface area contributed by atoms with Crippen LogP contribution in [0.15, 0.2) is 24.3 Å². The highest BCUT2D eigenvalue weighted by Crippen LogP contribution is 2.57. The van der Waals surface area contributed by atoms with E-state index in [1.807, 2.05) is 36.1 Å². The molecule has 1 aliphatic heterocycles. The van der Waals surface area contributed by atoms with Crippen molar-refractivity contribution in [3.63, 3.8) is 0 Å². The summed E-state index contributed by atoms with van der Waals surface area (Å²) in [7, 11) is 0. The number of carbonyl (C=O) groups excluding carboxylic acids is 1. The van der Waals surface area contributed by atoms with Gasteiger partial charge in [-0.05, 0) is 63.0 Å². The number of ether oxygens (including phenoxy) is 2. The SMILES string of the molecule is CCOc1ccccc1OC1CCN(C(=O)C2CCC3(CC2)CC3)C1. The summed E-state index contributed by atoms with van der Waals surface area (Å²) in [5.74, 6) is 2.19. The molecular formula is C21H29NO3. The Bertz CT molecular complexity index is 615. The van der Waals surface area contributed by atoms with Crippen molar-refractivity contribution in [2.75, 3.05) is 19.7 Å². The van der Waals surface area contributed by atoms with Gasteiger partial charge in [-0.1, -0.05) is 12.1 Å². The molecule has 1 aromatic rings. The highest BCUT2D eigenvalue weighted by molar-refractivity contribution is 5.79. The molecule has 1 saturated heterocycles. The third-order valence-corrected chi connectivity index (χ3v) is 6.25. The molecule has 3 fully saturated rings. The van der Waals surface area contributed by atoms with Crippen LogP contribution in [0.25, 0.3) is 0 Å². The predicted octanol–water partition coefficient (Wildman–Crippen LogP) is 4.04. The first-order chi connectivity index (χ1) is 12.2. The molecular weight excluding hydrogens is 314 g/mol. The Balaban J connectivity index is 1.31. The maximum atomic E-state index is 12.8. The topological polar surface area (TPSA) is 38.8 Å². The molecule has 2 aliphatic carbocycles. The van der Waals surface area contributed by atoms with E-state index in [2.05, 4.69) is 0 Å². The van der Waals surface area contributed by atoms with Crippen molar-refractivity contribution in [1.82, 2.24) is 4.90 Å². The van der Waals surface area contributed by atoms with Crippen LogP contribution < -0.4 is 9.47 Å². The minimum atomic E-state index is 0.0731. The summed E-state index contributed by atoms with van der Waals surface area (Å²) in [6.07, 6.45) is 8.48. The first-order valence-electron chi connectivity index (χ1n) is 9.86. The van der Waals surface area contributed by atoms with Crippen LogP contribution in [0.3, 0.4) is 0 Å². The number of rotatable bonds is 5. The second kappa shape index (κ2) is 6.89. The van der Waals surface area contributed by atoms with E-state index < -0.39 is 0 Å². The molecule has 0 radical (unpaired) electrons. The van der Waals surface area contributed by atoms with Gasteiger partial charge in [0, 0.05) is 18.9 Å². The Morgan fingerprint density at radius 2 is 1.84 bits per heavy atom. The highest BCUT2D eigenvalue weighted by atomic mass is 16.5. The maximum Gasteiger partial charge on any atom is 0.225 e. The molecule has 25 heavy (non-hydrogen) atoms. The Morgan fingerprint density at radius 1 is 1.12 bits per heavy atom. The number of benzene rings is 1. The van der Waals surface area contributed by atoms with Crippen molar-refractivity contribution in [3.05, 3.63) is 24.3 Å². The van der Waals surface area contributed by atoms with Crippen molar-refractivity contribution in [2.45, 2.75) is 58.0 Å². The van der Waals surface area contributed by atoms with E-state index in [1.54, 1.807) is 0 Å². The second-order valence-corrected chi connectivity index (χ2v) is 7.97. The zero-order valence-corrected chi connectivity index (χ0v) is 15.2. The van der Waals surface area contributed by atoms with E-state index in [1.165, 1.54) is 25.7 Å². The third kappa shape index (κ3) is 3.63. The van der Waals surface area contributed by atoms with Gasteiger partial charge in [-0.25, -0.2) is 0 Å². The standard InChI is InChI=1S/C21H29NO3/c1-2-24-18-5-3-4-6-19(18)25-17-9-14-22(15-17)20(23)16-7-10-21(11-8-16)12-13-21/h3-6,16-17H,2,7-15H2,1H3. The quantitative estimate of drug-likeness (QED) is 0.810. The van der Waals surface area contributed by atoms with Crippen LogP contribution in [0.1, 0.15) is 51.9 Å². The summed E-state index contributed by atoms with van der Waals surface area (Å²) in [5.41, 5.74) is 0.649. The molecule has 1 spiro atoms. The summed E-state index contributed by atoms with van der Waals surface area (Å²) in [5, 5.41) is 0. The molecule has 4 rings (SSSR count). The zero-order chi connectivity index (χ0) is 17.3. The summed E-state index contributed by atoms with van der Waals surface area (Å²) >= 11 is 0. The largest absolute Gasteiger partial charge is 0.490 e. The summed E-state index contributed by atoms with van der Waals surface area (Å²) < 4.78 is 11.8. The van der Waals surface area contributed by atoms with Gasteiger partial charge in [-0.2, -0.15) is 0 Å². The minimum Gasteiger partial charge on any atom is -0.490 e. The maximum absolute atomic E-state index is 12.8. The van der Waals surface area contributed by atoms with E-state index in [0.29, 0.717) is 24.5 Å². The van der Waals surface area contributed by atoms with E-state index in [0.717, 1.165) is 37.3 Å². The molecule has 1 aromatic carbocycles. The van der Waals surface area contributed by atoms with Gasteiger partial charge in [0.1, 0.15) is 6.10 Å². The minimum absolute atomic E-state index is 0.0731. The van der Waals surface area contributed by atoms with Crippen LogP contribution in [-0.4, -0.2) is 36.6 Å². The highest BCUT2D eigenvalue weighted by Gasteiger charge is 2.46. The van der Waals surface area contributed by atoms with Gasteiger partial charge < -0.3 is 14.4 Å². The molecule has 0 bridgehead atoms. The number of likely N-dealkylation sites (tertiary alicyclic amines) is 1. The first kappa shape index (κ1) is 16.7. The molecule has 0 aromatic heterocycles. The fourth-order valence-electron chi connectivity index (χ4n) is 4.44.